The second kappa shape index (κ2) is 6.66. The van der Waals surface area contributed by atoms with Gasteiger partial charge in [0.1, 0.15) is 12.4 Å². The Morgan fingerprint density at radius 1 is 1.30 bits per heavy atom. The van der Waals surface area contributed by atoms with Gasteiger partial charge in [-0.3, -0.25) is 9.78 Å². The van der Waals surface area contributed by atoms with Crippen LogP contribution in [0, 0.1) is 0 Å². The molecule has 0 saturated carbocycles. The van der Waals surface area contributed by atoms with E-state index in [1.54, 1.807) is 31.3 Å². The Morgan fingerprint density at radius 3 is 2.75 bits per heavy atom. The molecule has 0 spiro atoms. The van der Waals surface area contributed by atoms with Gasteiger partial charge in [-0.15, -0.1) is 0 Å². The Labute approximate surface area is 127 Å². The molecule has 4 heteroatoms. The summed E-state index contributed by atoms with van der Waals surface area (Å²) in [6.45, 7) is 4.06. The number of ether oxygens (including phenoxy) is 1. The number of carbonyl (C=O) groups is 1. The highest BCUT2D eigenvalue weighted by atomic mass is 79.9. The lowest BCUT2D eigenvalue weighted by atomic mass is 10.1. The number of Topliss-reactive ketones (excluding diaryl/α,β-unsaturated/α-hetero) is 1. The topological polar surface area (TPSA) is 39.2 Å². The largest absolute Gasteiger partial charge is 0.486 e. The van der Waals surface area contributed by atoms with Crippen LogP contribution < -0.4 is 4.74 Å². The third-order valence-electron chi connectivity index (χ3n) is 3.00. The van der Waals surface area contributed by atoms with E-state index in [9.17, 15) is 4.79 Å². The van der Waals surface area contributed by atoms with E-state index in [4.69, 9.17) is 4.74 Å². The number of rotatable bonds is 5. The van der Waals surface area contributed by atoms with Crippen molar-refractivity contribution in [2.24, 2.45) is 0 Å². The first-order valence-electron chi connectivity index (χ1n) is 6.47. The van der Waals surface area contributed by atoms with Gasteiger partial charge in [0.25, 0.3) is 0 Å². The molecule has 3 nitrogen and oxygen atoms in total. The van der Waals surface area contributed by atoms with Crippen LogP contribution in [0.2, 0.25) is 0 Å². The average Bonchev–Trinajstić information content (AvgIpc) is 2.46. The van der Waals surface area contributed by atoms with E-state index in [0.717, 1.165) is 16.6 Å². The Morgan fingerprint density at radius 2 is 2.10 bits per heavy atom. The molecule has 1 aromatic carbocycles. The van der Waals surface area contributed by atoms with Gasteiger partial charge in [0, 0.05) is 11.8 Å². The van der Waals surface area contributed by atoms with E-state index in [-0.39, 0.29) is 5.78 Å². The zero-order valence-electron chi connectivity index (χ0n) is 11.5. The average molecular weight is 334 g/mol. The predicted octanol–water partition coefficient (Wildman–Crippen LogP) is 4.19. The van der Waals surface area contributed by atoms with Crippen molar-refractivity contribution in [3.63, 3.8) is 0 Å². The first kappa shape index (κ1) is 14.7. The molecule has 2 rings (SSSR count). The van der Waals surface area contributed by atoms with Gasteiger partial charge in [-0.05, 0) is 65.2 Å². The predicted molar refractivity (Wildman–Crippen MR) is 82.1 cm³/mol. The van der Waals surface area contributed by atoms with E-state index < -0.39 is 0 Å². The monoisotopic (exact) mass is 333 g/mol. The third-order valence-corrected chi connectivity index (χ3v) is 3.62. The zero-order valence-corrected chi connectivity index (χ0v) is 13.1. The van der Waals surface area contributed by atoms with Gasteiger partial charge in [-0.25, -0.2) is 0 Å². The highest BCUT2D eigenvalue weighted by Gasteiger charge is 2.06. The zero-order chi connectivity index (χ0) is 14.5. The smallest absolute Gasteiger partial charge is 0.159 e. The summed E-state index contributed by atoms with van der Waals surface area (Å²) in [6, 6.07) is 9.37. The fraction of sp³-hybridized carbons (Fsp3) is 0.250. The van der Waals surface area contributed by atoms with E-state index >= 15 is 0 Å². The highest BCUT2D eigenvalue weighted by Crippen LogP contribution is 2.26. The summed E-state index contributed by atoms with van der Waals surface area (Å²) >= 11 is 3.42. The van der Waals surface area contributed by atoms with Crippen LogP contribution in [0.5, 0.6) is 5.75 Å². The van der Waals surface area contributed by atoms with Gasteiger partial charge in [0.05, 0.1) is 10.2 Å². The molecule has 0 atom stereocenters. The fourth-order valence-electron chi connectivity index (χ4n) is 1.82. The number of nitrogens with zero attached hydrogens (tertiary/aromatic N) is 1. The van der Waals surface area contributed by atoms with Crippen molar-refractivity contribution in [3.05, 3.63) is 57.8 Å². The van der Waals surface area contributed by atoms with Crippen molar-refractivity contribution in [1.29, 1.82) is 0 Å². The van der Waals surface area contributed by atoms with Gasteiger partial charge >= 0.3 is 0 Å². The summed E-state index contributed by atoms with van der Waals surface area (Å²) < 4.78 is 6.51. The van der Waals surface area contributed by atoms with Crippen LogP contribution in [0.15, 0.2) is 41.0 Å². The third kappa shape index (κ3) is 3.67. The summed E-state index contributed by atoms with van der Waals surface area (Å²) in [4.78, 5) is 15.6. The van der Waals surface area contributed by atoms with Gasteiger partial charge in [-0.2, -0.15) is 0 Å². The molecule has 0 radical (unpaired) electrons. The number of ketones is 1. The Kier molecular flexibility index (Phi) is 4.90. The van der Waals surface area contributed by atoms with Crippen molar-refractivity contribution in [2.75, 3.05) is 0 Å². The van der Waals surface area contributed by atoms with Crippen LogP contribution in [-0.4, -0.2) is 10.8 Å². The number of pyridine rings is 1. The maximum absolute atomic E-state index is 11.3. The lowest BCUT2D eigenvalue weighted by molar-refractivity contribution is 0.101. The van der Waals surface area contributed by atoms with Gasteiger partial charge in [0.15, 0.2) is 5.78 Å². The summed E-state index contributed by atoms with van der Waals surface area (Å²) in [6.07, 6.45) is 2.78. The first-order valence-corrected chi connectivity index (χ1v) is 7.26. The standard InChI is InChI=1S/C16H16BrNO2/c1-3-12-6-7-18-14(8-12)10-20-16-5-4-13(11(2)19)9-15(16)17/h4-9H,3,10H2,1-2H3. The maximum Gasteiger partial charge on any atom is 0.159 e. The van der Waals surface area contributed by atoms with Gasteiger partial charge in [0.2, 0.25) is 0 Å². The van der Waals surface area contributed by atoms with Crippen LogP contribution in [-0.2, 0) is 13.0 Å². The SMILES string of the molecule is CCc1ccnc(COc2ccc(C(C)=O)cc2Br)c1. The number of hydrogen-bond acceptors (Lipinski definition) is 3. The molecule has 0 unspecified atom stereocenters. The number of halogens is 1. The molecule has 2 aromatic rings. The maximum atomic E-state index is 11.3. The van der Waals surface area contributed by atoms with Crippen molar-refractivity contribution >= 4 is 21.7 Å². The van der Waals surface area contributed by atoms with E-state index in [1.165, 1.54) is 5.56 Å². The molecule has 0 aliphatic carbocycles. The van der Waals surface area contributed by atoms with E-state index in [0.29, 0.717) is 17.9 Å². The second-order valence-corrected chi connectivity index (χ2v) is 5.35. The molecule has 0 amide bonds. The molecule has 1 heterocycles. The quantitative estimate of drug-likeness (QED) is 0.770. The van der Waals surface area contributed by atoms with Crippen molar-refractivity contribution < 1.29 is 9.53 Å². The lowest BCUT2D eigenvalue weighted by Gasteiger charge is -2.09. The summed E-state index contributed by atoms with van der Waals surface area (Å²) in [5, 5.41) is 0. The van der Waals surface area contributed by atoms with Crippen LogP contribution in [0.3, 0.4) is 0 Å². The molecular formula is C16H16BrNO2. The molecule has 1 aromatic heterocycles. The number of carbonyl (C=O) groups excluding carboxylic acids is 1. The summed E-state index contributed by atoms with van der Waals surface area (Å²) in [5.41, 5.74) is 2.80. The molecular weight excluding hydrogens is 318 g/mol. The minimum atomic E-state index is 0.0366. The highest BCUT2D eigenvalue weighted by molar-refractivity contribution is 9.10. The summed E-state index contributed by atoms with van der Waals surface area (Å²) in [5.74, 6) is 0.744. The first-order chi connectivity index (χ1) is 9.60. The van der Waals surface area contributed by atoms with Crippen molar-refractivity contribution in [2.45, 2.75) is 26.9 Å². The number of benzene rings is 1. The number of hydrogen-bond donors (Lipinski definition) is 0. The Balaban J connectivity index is 2.08. The van der Waals surface area contributed by atoms with E-state index in [1.807, 2.05) is 12.1 Å². The molecule has 0 aliphatic rings. The molecule has 0 fully saturated rings. The van der Waals surface area contributed by atoms with Crippen LogP contribution in [0.25, 0.3) is 0 Å². The van der Waals surface area contributed by atoms with Crippen LogP contribution in [0.4, 0.5) is 0 Å². The molecule has 0 aliphatic heterocycles. The lowest BCUT2D eigenvalue weighted by Crippen LogP contribution is -2.00. The fourth-order valence-corrected chi connectivity index (χ4v) is 2.31. The van der Waals surface area contributed by atoms with Crippen LogP contribution >= 0.6 is 15.9 Å². The minimum absolute atomic E-state index is 0.0366. The molecule has 0 saturated heterocycles. The second-order valence-electron chi connectivity index (χ2n) is 4.50. The number of aryl methyl sites for hydroxylation is 1. The Hall–Kier alpha value is -1.68. The van der Waals surface area contributed by atoms with Crippen molar-refractivity contribution in [3.8, 4) is 5.75 Å². The van der Waals surface area contributed by atoms with Gasteiger partial charge < -0.3 is 4.74 Å². The van der Waals surface area contributed by atoms with Crippen LogP contribution in [0.1, 0.15) is 35.5 Å². The van der Waals surface area contributed by atoms with Crippen molar-refractivity contribution in [1.82, 2.24) is 4.98 Å². The van der Waals surface area contributed by atoms with E-state index in [2.05, 4.69) is 27.8 Å². The minimum Gasteiger partial charge on any atom is -0.486 e. The molecule has 0 bridgehead atoms. The number of aromatic nitrogens is 1. The summed E-state index contributed by atoms with van der Waals surface area (Å²) in [7, 11) is 0. The molecule has 20 heavy (non-hydrogen) atoms. The van der Waals surface area contributed by atoms with Gasteiger partial charge in [-0.1, -0.05) is 6.92 Å². The Bertz CT molecular complexity index is 626. The molecule has 0 N–H and O–H groups in total. The normalized spacial score (nSPS) is 10.3. The molecule has 104 valence electrons.